The van der Waals surface area contributed by atoms with Gasteiger partial charge in [-0.1, -0.05) is 35.9 Å². The molecule has 3 aromatic rings. The van der Waals surface area contributed by atoms with Crippen molar-refractivity contribution in [2.45, 2.75) is 31.2 Å². The number of esters is 1. The zero-order valence-corrected chi connectivity index (χ0v) is 17.9. The summed E-state index contributed by atoms with van der Waals surface area (Å²) in [4.78, 5) is 29.3. The lowest BCUT2D eigenvalue weighted by molar-refractivity contribution is 0.0600. The molecule has 2 aromatic carbocycles. The molecule has 0 bridgehead atoms. The number of carbonyl (C=O) groups is 2. The summed E-state index contributed by atoms with van der Waals surface area (Å²) in [6.07, 6.45) is 1.50. The number of fused-ring (bicyclic) bond motifs is 1. The molecule has 0 unspecified atom stereocenters. The molecule has 4 rings (SSSR count). The van der Waals surface area contributed by atoms with Crippen LogP contribution in [-0.4, -0.2) is 36.8 Å². The first-order valence-corrected chi connectivity index (χ1v) is 11.2. The van der Waals surface area contributed by atoms with E-state index in [1.807, 2.05) is 19.1 Å². The predicted molar refractivity (Wildman–Crippen MR) is 114 cm³/mol. The zero-order valence-electron chi connectivity index (χ0n) is 17.1. The Balaban J connectivity index is 1.73. The molecule has 0 atom stereocenters. The Hall–Kier alpha value is -3.46. The van der Waals surface area contributed by atoms with Crippen molar-refractivity contribution in [2.75, 3.05) is 11.8 Å². The third kappa shape index (κ3) is 3.96. The van der Waals surface area contributed by atoms with E-state index in [9.17, 15) is 18.0 Å². The summed E-state index contributed by atoms with van der Waals surface area (Å²) in [6, 6.07) is 12.6. The first-order valence-electron chi connectivity index (χ1n) is 9.72. The number of rotatable bonds is 6. The minimum absolute atomic E-state index is 0.0104. The van der Waals surface area contributed by atoms with Crippen molar-refractivity contribution in [1.82, 2.24) is 9.55 Å². The van der Waals surface area contributed by atoms with E-state index in [2.05, 4.69) is 14.4 Å². The predicted octanol–water partition coefficient (Wildman–Crippen LogP) is 2.96. The number of sulfonamides is 1. The fraction of sp³-hybridized carbons (Fsp3) is 0.227. The molecule has 0 aliphatic carbocycles. The SMILES string of the molecule is COC(=O)c1cccc(S(=O)(=O)Nc2nc3n(c2C(=O)c2ccc(C)cc2)CCC3)c1. The highest BCUT2D eigenvalue weighted by atomic mass is 32.2. The van der Waals surface area contributed by atoms with Crippen molar-refractivity contribution in [3.8, 4) is 0 Å². The molecule has 160 valence electrons. The number of nitrogens with one attached hydrogen (secondary N) is 1. The van der Waals surface area contributed by atoms with Gasteiger partial charge in [0.05, 0.1) is 17.6 Å². The maximum absolute atomic E-state index is 13.2. The highest BCUT2D eigenvalue weighted by Crippen LogP contribution is 2.28. The zero-order chi connectivity index (χ0) is 22.2. The van der Waals surface area contributed by atoms with Gasteiger partial charge in [0.15, 0.2) is 5.82 Å². The van der Waals surface area contributed by atoms with Gasteiger partial charge in [0.25, 0.3) is 10.0 Å². The molecule has 8 nitrogen and oxygen atoms in total. The van der Waals surface area contributed by atoms with Crippen LogP contribution in [0.15, 0.2) is 53.4 Å². The van der Waals surface area contributed by atoms with Crippen LogP contribution in [0.25, 0.3) is 0 Å². The van der Waals surface area contributed by atoms with E-state index >= 15 is 0 Å². The van der Waals surface area contributed by atoms with Crippen LogP contribution in [0.4, 0.5) is 5.82 Å². The number of nitrogens with zero attached hydrogens (tertiary/aromatic N) is 2. The van der Waals surface area contributed by atoms with E-state index < -0.39 is 16.0 Å². The van der Waals surface area contributed by atoms with Gasteiger partial charge in [0.1, 0.15) is 11.5 Å². The van der Waals surface area contributed by atoms with Crippen LogP contribution >= 0.6 is 0 Å². The summed E-state index contributed by atoms with van der Waals surface area (Å²) in [7, 11) is -2.88. The lowest BCUT2D eigenvalue weighted by atomic mass is 10.1. The van der Waals surface area contributed by atoms with Crippen molar-refractivity contribution in [2.24, 2.45) is 0 Å². The number of anilines is 1. The normalized spacial score (nSPS) is 13.0. The van der Waals surface area contributed by atoms with Gasteiger partial charge < -0.3 is 9.30 Å². The average Bonchev–Trinajstić information content (AvgIpc) is 3.33. The monoisotopic (exact) mass is 439 g/mol. The van der Waals surface area contributed by atoms with Gasteiger partial charge in [-0.3, -0.25) is 9.52 Å². The summed E-state index contributed by atoms with van der Waals surface area (Å²) in [5.74, 6) is -0.296. The standard InChI is InChI=1S/C22H21N3O5S/c1-14-8-10-15(11-9-14)20(26)19-21(23-18-7-4-12-25(18)19)24-31(28,29)17-6-3-5-16(13-17)22(27)30-2/h3,5-6,8-11,13,24H,4,7,12H2,1-2H3. The van der Waals surface area contributed by atoms with Gasteiger partial charge in [-0.05, 0) is 31.5 Å². The summed E-state index contributed by atoms with van der Waals surface area (Å²) in [5.41, 5.74) is 1.78. The number of ether oxygens (including phenoxy) is 1. The molecular weight excluding hydrogens is 418 g/mol. The Morgan fingerprint density at radius 1 is 1.10 bits per heavy atom. The summed E-state index contributed by atoms with van der Waals surface area (Å²) >= 11 is 0. The molecule has 9 heteroatoms. The summed E-state index contributed by atoms with van der Waals surface area (Å²) in [5, 5.41) is 0. The van der Waals surface area contributed by atoms with E-state index in [0.717, 1.165) is 12.0 Å². The van der Waals surface area contributed by atoms with E-state index in [1.54, 1.807) is 16.7 Å². The molecule has 0 saturated heterocycles. The molecule has 0 spiro atoms. The molecular formula is C22H21N3O5S. The topological polar surface area (TPSA) is 107 Å². The minimum Gasteiger partial charge on any atom is -0.465 e. The maximum Gasteiger partial charge on any atom is 0.337 e. The van der Waals surface area contributed by atoms with Crippen molar-refractivity contribution in [3.05, 3.63) is 76.7 Å². The lowest BCUT2D eigenvalue weighted by Crippen LogP contribution is -2.18. The Kier molecular flexibility index (Phi) is 5.36. The number of hydrogen-bond acceptors (Lipinski definition) is 6. The fourth-order valence-electron chi connectivity index (χ4n) is 3.56. The van der Waals surface area contributed by atoms with Crippen molar-refractivity contribution >= 4 is 27.6 Å². The molecule has 0 fully saturated rings. The number of methoxy groups -OCH3 is 1. The van der Waals surface area contributed by atoms with Gasteiger partial charge in [-0.15, -0.1) is 0 Å². The first-order chi connectivity index (χ1) is 14.8. The van der Waals surface area contributed by atoms with Crippen LogP contribution in [-0.2, 0) is 27.7 Å². The Bertz CT molecular complexity index is 1280. The second-order valence-electron chi connectivity index (χ2n) is 7.30. The number of imidazole rings is 1. The van der Waals surface area contributed by atoms with Gasteiger partial charge >= 0.3 is 5.97 Å². The number of carbonyl (C=O) groups excluding carboxylic acids is 2. The van der Waals surface area contributed by atoms with E-state index in [0.29, 0.717) is 24.4 Å². The molecule has 0 saturated carbocycles. The average molecular weight is 439 g/mol. The summed E-state index contributed by atoms with van der Waals surface area (Å²) in [6.45, 7) is 2.52. The molecule has 0 radical (unpaired) electrons. The second kappa shape index (κ2) is 7.99. The van der Waals surface area contributed by atoms with Crippen molar-refractivity contribution in [3.63, 3.8) is 0 Å². The number of aryl methyl sites for hydroxylation is 2. The first kappa shape index (κ1) is 20.8. The molecule has 1 aromatic heterocycles. The van der Waals surface area contributed by atoms with Crippen LogP contribution in [0.3, 0.4) is 0 Å². The van der Waals surface area contributed by atoms with Crippen LogP contribution < -0.4 is 4.72 Å². The molecule has 2 heterocycles. The van der Waals surface area contributed by atoms with Crippen molar-refractivity contribution in [1.29, 1.82) is 0 Å². The van der Waals surface area contributed by atoms with E-state index in [1.165, 1.54) is 31.4 Å². The number of ketones is 1. The molecule has 1 aliphatic rings. The second-order valence-corrected chi connectivity index (χ2v) is 8.98. The smallest absolute Gasteiger partial charge is 0.337 e. The fourth-order valence-corrected chi connectivity index (χ4v) is 4.62. The van der Waals surface area contributed by atoms with Gasteiger partial charge in [0, 0.05) is 18.5 Å². The van der Waals surface area contributed by atoms with Crippen LogP contribution in [0.5, 0.6) is 0 Å². The molecule has 1 aliphatic heterocycles. The largest absolute Gasteiger partial charge is 0.465 e. The van der Waals surface area contributed by atoms with Gasteiger partial charge in [-0.2, -0.15) is 0 Å². The Labute approximate surface area is 179 Å². The lowest BCUT2D eigenvalue weighted by Gasteiger charge is -2.11. The van der Waals surface area contributed by atoms with E-state index in [4.69, 9.17) is 0 Å². The molecule has 31 heavy (non-hydrogen) atoms. The highest BCUT2D eigenvalue weighted by Gasteiger charge is 2.29. The Morgan fingerprint density at radius 3 is 2.55 bits per heavy atom. The third-order valence-electron chi connectivity index (χ3n) is 5.15. The van der Waals surface area contributed by atoms with Crippen LogP contribution in [0.1, 0.15) is 44.2 Å². The molecule has 1 N–H and O–H groups in total. The minimum atomic E-state index is -4.10. The number of aromatic nitrogens is 2. The maximum atomic E-state index is 13.2. The van der Waals surface area contributed by atoms with Gasteiger partial charge in [0.2, 0.25) is 5.78 Å². The number of hydrogen-bond donors (Lipinski definition) is 1. The van der Waals surface area contributed by atoms with Crippen LogP contribution in [0, 0.1) is 6.92 Å². The highest BCUT2D eigenvalue weighted by molar-refractivity contribution is 7.92. The molecule has 0 amide bonds. The number of benzene rings is 2. The van der Waals surface area contributed by atoms with Crippen molar-refractivity contribution < 1.29 is 22.7 Å². The van der Waals surface area contributed by atoms with E-state index in [-0.39, 0.29) is 27.8 Å². The van der Waals surface area contributed by atoms with Crippen LogP contribution in [0.2, 0.25) is 0 Å². The third-order valence-corrected chi connectivity index (χ3v) is 6.49. The van der Waals surface area contributed by atoms with Gasteiger partial charge in [-0.25, -0.2) is 18.2 Å². The summed E-state index contributed by atoms with van der Waals surface area (Å²) < 4.78 is 34.9. The quantitative estimate of drug-likeness (QED) is 0.467. The Morgan fingerprint density at radius 2 is 1.84 bits per heavy atom.